The Hall–Kier alpha value is -3.21. The van der Waals surface area contributed by atoms with Crippen molar-refractivity contribution in [3.05, 3.63) is 64.2 Å². The Kier molecular flexibility index (Phi) is 9.25. The van der Waals surface area contributed by atoms with Crippen molar-refractivity contribution < 1.29 is 28.8 Å². The molecule has 10 heteroatoms. The van der Waals surface area contributed by atoms with E-state index in [1.54, 1.807) is 43.3 Å². The molecule has 0 aromatic heterocycles. The Morgan fingerprint density at radius 2 is 1.81 bits per heavy atom. The molecule has 36 heavy (non-hydrogen) atoms. The largest absolute Gasteiger partial charge is 0.492 e. The molecule has 0 spiro atoms. The lowest BCUT2D eigenvalue weighted by Crippen LogP contribution is -2.46. The first-order valence-corrected chi connectivity index (χ1v) is 12.0. The van der Waals surface area contributed by atoms with E-state index in [1.165, 1.54) is 0 Å². The summed E-state index contributed by atoms with van der Waals surface area (Å²) in [6.07, 6.45) is 0. The SMILES string of the molecule is Cc1c(C(=O)N[C@H](C(=O)OCc2ccc(C(=O)NCCN(C)C)cc2)C(C)C)ccc2c1B(O)OC2. The molecule has 9 nitrogen and oxygen atoms in total. The van der Waals surface area contributed by atoms with E-state index >= 15 is 0 Å². The third-order valence-electron chi connectivity index (χ3n) is 6.14. The van der Waals surface area contributed by atoms with Crippen molar-refractivity contribution >= 4 is 30.4 Å². The maximum atomic E-state index is 13.0. The minimum Gasteiger partial charge on any atom is -0.459 e. The third kappa shape index (κ3) is 6.72. The molecule has 0 bridgehead atoms. The molecule has 0 saturated carbocycles. The fourth-order valence-electron chi connectivity index (χ4n) is 3.96. The van der Waals surface area contributed by atoms with E-state index < -0.39 is 25.0 Å². The minimum absolute atomic E-state index is 0.0157. The standard InChI is InChI=1S/C26H34BN3O6/c1-16(2)23(29-25(32)21-11-10-20-15-36-27(34)22(20)17(21)3)26(33)35-14-18-6-8-19(9-7-18)24(31)28-12-13-30(4)5/h6-11,16,23,34H,12-15H2,1-5H3,(H,28,31)(H,29,32)/t23-/m0/s1. The number of carbonyl (C=O) groups excluding carboxylic acids is 3. The predicted octanol–water partition coefficient (Wildman–Crippen LogP) is 1.00. The van der Waals surface area contributed by atoms with Crippen LogP contribution in [0.2, 0.25) is 0 Å². The molecule has 0 aliphatic carbocycles. The van der Waals surface area contributed by atoms with E-state index in [9.17, 15) is 19.4 Å². The Labute approximate surface area is 212 Å². The number of nitrogens with zero attached hydrogens (tertiary/aromatic N) is 1. The van der Waals surface area contributed by atoms with Gasteiger partial charge in [0.1, 0.15) is 12.6 Å². The summed E-state index contributed by atoms with van der Waals surface area (Å²) in [7, 11) is 2.81. The second-order valence-electron chi connectivity index (χ2n) is 9.53. The van der Waals surface area contributed by atoms with Crippen LogP contribution in [0.3, 0.4) is 0 Å². The molecule has 0 unspecified atom stereocenters. The van der Waals surface area contributed by atoms with Gasteiger partial charge in [0.05, 0.1) is 6.61 Å². The zero-order chi connectivity index (χ0) is 26.4. The van der Waals surface area contributed by atoms with Gasteiger partial charge >= 0.3 is 13.1 Å². The highest BCUT2D eigenvalue weighted by Crippen LogP contribution is 2.17. The summed E-state index contributed by atoms with van der Waals surface area (Å²) in [5.74, 6) is -1.34. The predicted molar refractivity (Wildman–Crippen MR) is 137 cm³/mol. The second kappa shape index (κ2) is 12.2. The lowest BCUT2D eigenvalue weighted by molar-refractivity contribution is -0.148. The molecule has 1 heterocycles. The van der Waals surface area contributed by atoms with Gasteiger partial charge in [0.15, 0.2) is 0 Å². The number of ether oxygens (including phenoxy) is 1. The molecule has 1 aliphatic heterocycles. The Morgan fingerprint density at radius 1 is 1.11 bits per heavy atom. The number of benzene rings is 2. The van der Waals surface area contributed by atoms with Crippen molar-refractivity contribution in [1.82, 2.24) is 15.5 Å². The average Bonchev–Trinajstić information content (AvgIpc) is 3.22. The highest BCUT2D eigenvalue weighted by molar-refractivity contribution is 6.62. The number of nitrogens with one attached hydrogen (secondary N) is 2. The molecule has 1 aliphatic rings. The summed E-state index contributed by atoms with van der Waals surface area (Å²) in [6.45, 7) is 7.00. The number of carbonyl (C=O) groups is 3. The van der Waals surface area contributed by atoms with Crippen molar-refractivity contribution in [2.24, 2.45) is 5.92 Å². The van der Waals surface area contributed by atoms with E-state index in [2.05, 4.69) is 10.6 Å². The van der Waals surface area contributed by atoms with E-state index in [0.717, 1.165) is 17.7 Å². The molecule has 1 atom stereocenters. The van der Waals surface area contributed by atoms with Crippen LogP contribution in [0, 0.1) is 12.8 Å². The monoisotopic (exact) mass is 495 g/mol. The van der Waals surface area contributed by atoms with Crippen LogP contribution in [0.5, 0.6) is 0 Å². The topological polar surface area (TPSA) is 117 Å². The van der Waals surface area contributed by atoms with Gasteiger partial charge in [-0.25, -0.2) is 4.79 Å². The van der Waals surface area contributed by atoms with Crippen molar-refractivity contribution in [2.75, 3.05) is 27.2 Å². The van der Waals surface area contributed by atoms with Gasteiger partial charge < -0.3 is 29.9 Å². The molecule has 2 aromatic carbocycles. The van der Waals surface area contributed by atoms with Gasteiger partial charge in [0.2, 0.25) is 0 Å². The number of amides is 2. The number of hydrogen-bond donors (Lipinski definition) is 3. The van der Waals surface area contributed by atoms with Crippen molar-refractivity contribution in [3.63, 3.8) is 0 Å². The zero-order valence-electron chi connectivity index (χ0n) is 21.5. The van der Waals surface area contributed by atoms with Crippen molar-refractivity contribution in [3.8, 4) is 0 Å². The van der Waals surface area contributed by atoms with Gasteiger partial charge in [0, 0.05) is 24.2 Å². The van der Waals surface area contributed by atoms with E-state index in [1.807, 2.05) is 32.8 Å². The van der Waals surface area contributed by atoms with Gasteiger partial charge in [-0.15, -0.1) is 0 Å². The molecule has 0 fully saturated rings. The maximum Gasteiger partial charge on any atom is 0.492 e. The number of rotatable bonds is 10. The smallest absolute Gasteiger partial charge is 0.459 e. The first kappa shape index (κ1) is 27.4. The van der Waals surface area contributed by atoms with Crippen molar-refractivity contribution in [1.29, 1.82) is 0 Å². The number of hydrogen-bond acceptors (Lipinski definition) is 7. The Bertz CT molecular complexity index is 1100. The lowest BCUT2D eigenvalue weighted by atomic mass is 9.75. The van der Waals surface area contributed by atoms with Gasteiger partial charge in [-0.2, -0.15) is 0 Å². The summed E-state index contributed by atoms with van der Waals surface area (Å²) in [5, 5.41) is 15.7. The van der Waals surface area contributed by atoms with Crippen LogP contribution >= 0.6 is 0 Å². The summed E-state index contributed by atoms with van der Waals surface area (Å²) in [4.78, 5) is 40.0. The molecule has 192 valence electrons. The molecule has 3 N–H and O–H groups in total. The summed E-state index contributed by atoms with van der Waals surface area (Å²) >= 11 is 0. The van der Waals surface area contributed by atoms with Crippen LogP contribution in [-0.4, -0.2) is 68.1 Å². The first-order chi connectivity index (χ1) is 17.1. The maximum absolute atomic E-state index is 13.0. The molecule has 3 rings (SSSR count). The average molecular weight is 495 g/mol. The van der Waals surface area contributed by atoms with Crippen molar-refractivity contribution in [2.45, 2.75) is 40.0 Å². The molecule has 2 aromatic rings. The second-order valence-corrected chi connectivity index (χ2v) is 9.53. The highest BCUT2D eigenvalue weighted by atomic mass is 16.5. The fourth-order valence-corrected chi connectivity index (χ4v) is 3.96. The van der Waals surface area contributed by atoms with Gasteiger partial charge in [0.25, 0.3) is 11.8 Å². The van der Waals surface area contributed by atoms with E-state index in [0.29, 0.717) is 35.3 Å². The van der Waals surface area contributed by atoms with Gasteiger partial charge in [-0.05, 0) is 67.3 Å². The minimum atomic E-state index is -1.06. The lowest BCUT2D eigenvalue weighted by Gasteiger charge is -2.22. The van der Waals surface area contributed by atoms with E-state index in [4.69, 9.17) is 9.39 Å². The van der Waals surface area contributed by atoms with Gasteiger partial charge in [-0.3, -0.25) is 9.59 Å². The van der Waals surface area contributed by atoms with Crippen LogP contribution in [0.15, 0.2) is 36.4 Å². The summed E-state index contributed by atoms with van der Waals surface area (Å²) in [6, 6.07) is 9.41. The van der Waals surface area contributed by atoms with Crippen LogP contribution in [0.25, 0.3) is 0 Å². The molecule has 2 amide bonds. The molecule has 0 radical (unpaired) electrons. The zero-order valence-corrected chi connectivity index (χ0v) is 21.5. The van der Waals surface area contributed by atoms with Crippen LogP contribution in [0.1, 0.15) is 51.3 Å². The highest BCUT2D eigenvalue weighted by Gasteiger charge is 2.32. The number of fused-ring (bicyclic) bond motifs is 1. The first-order valence-electron chi connectivity index (χ1n) is 12.0. The Balaban J connectivity index is 1.58. The quantitative estimate of drug-likeness (QED) is 0.333. The normalized spacial score (nSPS) is 13.5. The third-order valence-corrected chi connectivity index (χ3v) is 6.14. The van der Waals surface area contributed by atoms with Gasteiger partial charge in [-0.1, -0.05) is 32.0 Å². The van der Waals surface area contributed by atoms with Crippen LogP contribution in [-0.2, 0) is 27.4 Å². The number of likely N-dealkylation sites (N-methyl/N-ethyl adjacent to an activating group) is 1. The van der Waals surface area contributed by atoms with E-state index in [-0.39, 0.29) is 18.4 Å². The van der Waals surface area contributed by atoms with Crippen LogP contribution in [0.4, 0.5) is 0 Å². The number of esters is 1. The molecule has 0 saturated heterocycles. The Morgan fingerprint density at radius 3 is 2.44 bits per heavy atom. The molecular formula is C26H34BN3O6. The van der Waals surface area contributed by atoms with Crippen LogP contribution < -0.4 is 16.1 Å². The summed E-state index contributed by atoms with van der Waals surface area (Å²) in [5.41, 5.74) is 3.68. The fraction of sp³-hybridized carbons (Fsp3) is 0.423. The molecular weight excluding hydrogens is 461 g/mol. The summed E-state index contributed by atoms with van der Waals surface area (Å²) < 4.78 is 10.7.